The summed E-state index contributed by atoms with van der Waals surface area (Å²) in [4.78, 5) is 23.6. The van der Waals surface area contributed by atoms with Crippen LogP contribution in [-0.2, 0) is 35.3 Å². The van der Waals surface area contributed by atoms with Crippen LogP contribution in [0.4, 0.5) is 13.2 Å². The van der Waals surface area contributed by atoms with Gasteiger partial charge in [-0.15, -0.1) is 10.2 Å². The third kappa shape index (κ3) is 4.26. The van der Waals surface area contributed by atoms with Gasteiger partial charge >= 0.3 is 6.18 Å². The molecule has 1 aromatic heterocycles. The zero-order valence-electron chi connectivity index (χ0n) is 14.5. The fourth-order valence-electron chi connectivity index (χ4n) is 3.02. The first-order valence-electron chi connectivity index (χ1n) is 8.36. The second kappa shape index (κ2) is 7.37. The molecule has 0 radical (unpaired) electrons. The largest absolute Gasteiger partial charge is 0.416 e. The number of aryl methyl sites for hydroxylation is 1. The van der Waals surface area contributed by atoms with Gasteiger partial charge in [-0.05, 0) is 24.1 Å². The summed E-state index contributed by atoms with van der Waals surface area (Å²) in [7, 11) is 0. The lowest BCUT2D eigenvalue weighted by Gasteiger charge is -2.16. The number of aromatic nitrogens is 3. The molecule has 1 aliphatic rings. The zero-order valence-corrected chi connectivity index (χ0v) is 14.5. The summed E-state index contributed by atoms with van der Waals surface area (Å²) < 4.78 is 40.0. The van der Waals surface area contributed by atoms with Crippen molar-refractivity contribution in [2.24, 2.45) is 0 Å². The molecule has 3 rings (SSSR count). The normalized spacial score (nSPS) is 16.1. The van der Waals surface area contributed by atoms with E-state index in [1.807, 2.05) is 0 Å². The van der Waals surface area contributed by atoms with Crippen molar-refractivity contribution in [3.63, 3.8) is 0 Å². The number of hydrogen-bond donors (Lipinski definition) is 2. The predicted octanol–water partition coefficient (Wildman–Crippen LogP) is 1.74. The Labute approximate surface area is 153 Å². The van der Waals surface area contributed by atoms with Crippen LogP contribution in [0.5, 0.6) is 0 Å². The molecule has 10 heteroatoms. The molecule has 0 bridgehead atoms. The van der Waals surface area contributed by atoms with Gasteiger partial charge in [-0.2, -0.15) is 13.2 Å². The van der Waals surface area contributed by atoms with Gasteiger partial charge in [0.05, 0.1) is 12.1 Å². The Hall–Kier alpha value is -2.91. The quantitative estimate of drug-likeness (QED) is 0.826. The lowest BCUT2D eigenvalue weighted by Crippen LogP contribution is -2.32. The Morgan fingerprint density at radius 2 is 2.00 bits per heavy atom. The van der Waals surface area contributed by atoms with E-state index in [1.54, 1.807) is 4.57 Å². The van der Waals surface area contributed by atoms with Crippen LogP contribution in [0.2, 0.25) is 0 Å². The SMILES string of the molecule is CC(=O)NCc1nnc2n1C(C(=O)NCc1cccc(C(F)(F)F)c1)CC2. The number of carbonyl (C=O) groups is 2. The van der Waals surface area contributed by atoms with E-state index in [0.717, 1.165) is 12.1 Å². The molecule has 0 saturated carbocycles. The van der Waals surface area contributed by atoms with Gasteiger partial charge in [-0.25, -0.2) is 0 Å². The van der Waals surface area contributed by atoms with Crippen molar-refractivity contribution < 1.29 is 22.8 Å². The fourth-order valence-corrected chi connectivity index (χ4v) is 3.02. The summed E-state index contributed by atoms with van der Waals surface area (Å²) in [6, 6.07) is 4.28. The number of fused-ring (bicyclic) bond motifs is 1. The lowest BCUT2D eigenvalue weighted by atomic mass is 10.1. The topological polar surface area (TPSA) is 88.9 Å². The predicted molar refractivity (Wildman–Crippen MR) is 88.2 cm³/mol. The van der Waals surface area contributed by atoms with Crippen LogP contribution >= 0.6 is 0 Å². The summed E-state index contributed by atoms with van der Waals surface area (Å²) >= 11 is 0. The first-order chi connectivity index (χ1) is 12.8. The van der Waals surface area contributed by atoms with E-state index in [2.05, 4.69) is 20.8 Å². The first-order valence-corrected chi connectivity index (χ1v) is 8.36. The van der Waals surface area contributed by atoms with Crippen LogP contribution in [0.1, 0.15) is 42.2 Å². The van der Waals surface area contributed by atoms with Gasteiger partial charge < -0.3 is 15.2 Å². The number of hydrogen-bond acceptors (Lipinski definition) is 4. The minimum absolute atomic E-state index is 0.0161. The number of halogens is 3. The maximum atomic E-state index is 12.8. The highest BCUT2D eigenvalue weighted by molar-refractivity contribution is 5.81. The van der Waals surface area contributed by atoms with E-state index in [9.17, 15) is 22.8 Å². The third-order valence-corrected chi connectivity index (χ3v) is 4.31. The van der Waals surface area contributed by atoms with Gasteiger partial charge in [0.2, 0.25) is 11.8 Å². The summed E-state index contributed by atoms with van der Waals surface area (Å²) in [5.74, 6) is 0.567. The Morgan fingerprint density at radius 1 is 1.22 bits per heavy atom. The zero-order chi connectivity index (χ0) is 19.6. The molecule has 0 saturated heterocycles. The average Bonchev–Trinajstić information content (AvgIpc) is 3.19. The van der Waals surface area contributed by atoms with Crippen LogP contribution in [-0.4, -0.2) is 26.6 Å². The number of benzene rings is 1. The first kappa shape index (κ1) is 18.9. The number of amides is 2. The monoisotopic (exact) mass is 381 g/mol. The number of rotatable bonds is 5. The minimum Gasteiger partial charge on any atom is -0.350 e. The van der Waals surface area contributed by atoms with Gasteiger partial charge in [0.1, 0.15) is 11.9 Å². The van der Waals surface area contributed by atoms with Gasteiger partial charge in [0.25, 0.3) is 0 Å². The molecule has 1 aromatic carbocycles. The molecule has 1 atom stereocenters. The Morgan fingerprint density at radius 3 is 2.70 bits per heavy atom. The third-order valence-electron chi connectivity index (χ3n) is 4.31. The molecule has 2 N–H and O–H groups in total. The number of carbonyl (C=O) groups excluding carboxylic acids is 2. The lowest BCUT2D eigenvalue weighted by molar-refractivity contribution is -0.137. The molecule has 1 aliphatic heterocycles. The number of nitrogens with one attached hydrogen (secondary N) is 2. The molecule has 27 heavy (non-hydrogen) atoms. The maximum absolute atomic E-state index is 12.8. The maximum Gasteiger partial charge on any atom is 0.416 e. The van der Waals surface area contributed by atoms with Crippen LogP contribution in [0, 0.1) is 0 Å². The highest BCUT2D eigenvalue weighted by Gasteiger charge is 2.33. The van der Waals surface area contributed by atoms with Gasteiger partial charge in [0, 0.05) is 19.9 Å². The summed E-state index contributed by atoms with van der Waals surface area (Å²) in [6.07, 6.45) is -3.34. The molecule has 2 heterocycles. The van der Waals surface area contributed by atoms with Crippen molar-refractivity contribution in [1.82, 2.24) is 25.4 Å². The molecule has 144 valence electrons. The Balaban J connectivity index is 1.67. The van der Waals surface area contributed by atoms with Crippen LogP contribution in [0.3, 0.4) is 0 Å². The van der Waals surface area contributed by atoms with E-state index in [4.69, 9.17) is 0 Å². The highest BCUT2D eigenvalue weighted by atomic mass is 19.4. The number of alkyl halides is 3. The Bertz CT molecular complexity index is 862. The van der Waals surface area contributed by atoms with Crippen molar-refractivity contribution in [1.29, 1.82) is 0 Å². The van der Waals surface area contributed by atoms with Gasteiger partial charge in [-0.3, -0.25) is 9.59 Å². The molecule has 2 amide bonds. The average molecular weight is 381 g/mol. The summed E-state index contributed by atoms with van der Waals surface area (Å²) in [5.41, 5.74) is -0.396. The Kier molecular flexibility index (Phi) is 5.15. The standard InChI is InChI=1S/C17H18F3N5O2/c1-10(26)21-9-15-24-23-14-6-5-13(25(14)15)16(27)22-8-11-3-2-4-12(7-11)17(18,19)20/h2-4,7,13H,5-6,8-9H2,1H3,(H,21,26)(H,22,27). The summed E-state index contributed by atoms with van der Waals surface area (Å²) in [5, 5.41) is 13.3. The van der Waals surface area contributed by atoms with Crippen LogP contribution in [0.15, 0.2) is 24.3 Å². The van der Waals surface area contributed by atoms with Crippen molar-refractivity contribution in [2.75, 3.05) is 0 Å². The molecular weight excluding hydrogens is 363 g/mol. The highest BCUT2D eigenvalue weighted by Crippen LogP contribution is 2.30. The van der Waals surface area contributed by atoms with Crippen molar-refractivity contribution in [3.05, 3.63) is 47.0 Å². The van der Waals surface area contributed by atoms with Crippen LogP contribution in [0.25, 0.3) is 0 Å². The molecular formula is C17H18F3N5O2. The van der Waals surface area contributed by atoms with Crippen LogP contribution < -0.4 is 10.6 Å². The van der Waals surface area contributed by atoms with Crippen molar-refractivity contribution in [2.45, 2.75) is 45.1 Å². The molecule has 7 nitrogen and oxygen atoms in total. The fraction of sp³-hybridized carbons (Fsp3) is 0.412. The van der Waals surface area contributed by atoms with E-state index in [0.29, 0.717) is 30.1 Å². The molecule has 0 fully saturated rings. The van der Waals surface area contributed by atoms with Crippen molar-refractivity contribution >= 4 is 11.8 Å². The molecule has 1 unspecified atom stereocenters. The van der Waals surface area contributed by atoms with Crippen molar-refractivity contribution in [3.8, 4) is 0 Å². The van der Waals surface area contributed by atoms with E-state index >= 15 is 0 Å². The smallest absolute Gasteiger partial charge is 0.350 e. The van der Waals surface area contributed by atoms with E-state index in [-0.39, 0.29) is 24.9 Å². The second-order valence-corrected chi connectivity index (χ2v) is 6.28. The molecule has 0 aliphatic carbocycles. The minimum atomic E-state index is -4.43. The summed E-state index contributed by atoms with van der Waals surface area (Å²) in [6.45, 7) is 1.51. The van der Waals surface area contributed by atoms with E-state index < -0.39 is 17.8 Å². The molecule has 2 aromatic rings. The van der Waals surface area contributed by atoms with Gasteiger partial charge in [0.15, 0.2) is 5.82 Å². The number of nitrogens with zero attached hydrogens (tertiary/aromatic N) is 3. The second-order valence-electron chi connectivity index (χ2n) is 6.28. The van der Waals surface area contributed by atoms with Gasteiger partial charge in [-0.1, -0.05) is 12.1 Å². The van der Waals surface area contributed by atoms with E-state index in [1.165, 1.54) is 19.1 Å². The molecule has 0 spiro atoms.